The van der Waals surface area contributed by atoms with E-state index in [1.54, 1.807) is 4.68 Å². The number of rotatable bonds is 6. The van der Waals surface area contributed by atoms with Gasteiger partial charge in [-0.25, -0.2) is 4.39 Å². The predicted octanol–water partition coefficient (Wildman–Crippen LogP) is 2.93. The summed E-state index contributed by atoms with van der Waals surface area (Å²) in [6, 6.07) is 7.87. The zero-order valence-electron chi connectivity index (χ0n) is 10.0. The van der Waals surface area contributed by atoms with Gasteiger partial charge in [-0.1, -0.05) is 25.1 Å². The fourth-order valence-corrected chi connectivity index (χ4v) is 1.87. The van der Waals surface area contributed by atoms with Gasteiger partial charge < -0.3 is 4.74 Å². The maximum absolute atomic E-state index is 12.4. The Hall–Kier alpha value is -1.42. The topological polar surface area (TPSA) is 27.1 Å². The van der Waals surface area contributed by atoms with E-state index in [1.807, 2.05) is 24.3 Å². The fraction of sp³-hybridized carbons (Fsp3) is 0.462. The molecular formula is C13H17FN2O. The van der Waals surface area contributed by atoms with Crippen LogP contribution < -0.4 is 0 Å². The van der Waals surface area contributed by atoms with E-state index in [4.69, 9.17) is 4.74 Å². The van der Waals surface area contributed by atoms with Crippen molar-refractivity contribution < 1.29 is 9.13 Å². The Morgan fingerprint density at radius 3 is 2.94 bits per heavy atom. The van der Waals surface area contributed by atoms with Gasteiger partial charge in [-0.3, -0.25) is 4.68 Å². The first-order chi connectivity index (χ1) is 8.36. The summed E-state index contributed by atoms with van der Waals surface area (Å²) in [7, 11) is 0. The average Bonchev–Trinajstić information content (AvgIpc) is 2.70. The standard InChI is InChI=1S/C13H17FN2O/c1-2-9-17-10-12-11-5-3-4-6-13(11)16(15-12)8-7-14/h3-6H,2,7-10H2,1H3. The molecule has 0 aliphatic heterocycles. The van der Waals surface area contributed by atoms with E-state index in [-0.39, 0.29) is 0 Å². The summed E-state index contributed by atoms with van der Waals surface area (Å²) in [6.45, 7) is 3.19. The molecule has 3 nitrogen and oxygen atoms in total. The van der Waals surface area contributed by atoms with Crippen LogP contribution in [0.15, 0.2) is 24.3 Å². The molecule has 0 radical (unpaired) electrons. The minimum atomic E-state index is -0.402. The molecule has 2 aromatic rings. The monoisotopic (exact) mass is 236 g/mol. The smallest absolute Gasteiger partial charge is 0.109 e. The summed E-state index contributed by atoms with van der Waals surface area (Å²) < 4.78 is 19.6. The van der Waals surface area contributed by atoms with Gasteiger partial charge in [0.25, 0.3) is 0 Å². The van der Waals surface area contributed by atoms with E-state index < -0.39 is 6.67 Å². The van der Waals surface area contributed by atoms with Gasteiger partial charge in [0.1, 0.15) is 6.67 Å². The number of fused-ring (bicyclic) bond motifs is 1. The number of aromatic nitrogens is 2. The van der Waals surface area contributed by atoms with Crippen LogP contribution >= 0.6 is 0 Å². The Morgan fingerprint density at radius 1 is 1.35 bits per heavy atom. The van der Waals surface area contributed by atoms with Crippen LogP contribution in [-0.2, 0) is 17.9 Å². The lowest BCUT2D eigenvalue weighted by Gasteiger charge is -1.99. The molecule has 1 heterocycles. The van der Waals surface area contributed by atoms with Gasteiger partial charge in [0.05, 0.1) is 24.4 Å². The minimum Gasteiger partial charge on any atom is -0.375 e. The maximum atomic E-state index is 12.4. The Balaban J connectivity index is 2.28. The largest absolute Gasteiger partial charge is 0.375 e. The Labute approximate surface area is 100 Å². The second kappa shape index (κ2) is 5.77. The molecule has 0 aliphatic rings. The van der Waals surface area contributed by atoms with E-state index in [0.29, 0.717) is 13.2 Å². The van der Waals surface area contributed by atoms with Crippen LogP contribution in [0.2, 0.25) is 0 Å². The predicted molar refractivity (Wildman–Crippen MR) is 65.7 cm³/mol. The number of hydrogen-bond acceptors (Lipinski definition) is 2. The third kappa shape index (κ3) is 2.64. The van der Waals surface area contributed by atoms with Crippen molar-refractivity contribution in [1.82, 2.24) is 9.78 Å². The number of para-hydroxylation sites is 1. The van der Waals surface area contributed by atoms with Crippen molar-refractivity contribution in [2.75, 3.05) is 13.3 Å². The molecule has 4 heteroatoms. The molecule has 0 atom stereocenters. The SMILES string of the molecule is CCCOCc1nn(CCF)c2ccccc12. The number of hydrogen-bond donors (Lipinski definition) is 0. The number of aryl methyl sites for hydroxylation is 1. The molecule has 0 fully saturated rings. The third-order valence-corrected chi connectivity index (χ3v) is 2.62. The average molecular weight is 236 g/mol. The van der Waals surface area contributed by atoms with E-state index in [1.165, 1.54) is 0 Å². The molecule has 1 aromatic heterocycles. The minimum absolute atomic E-state index is 0.300. The lowest BCUT2D eigenvalue weighted by Crippen LogP contribution is -2.02. The number of halogens is 1. The highest BCUT2D eigenvalue weighted by Crippen LogP contribution is 2.19. The van der Waals surface area contributed by atoms with Gasteiger partial charge in [0, 0.05) is 12.0 Å². The summed E-state index contributed by atoms with van der Waals surface area (Å²) in [6.07, 6.45) is 0.989. The first-order valence-corrected chi connectivity index (χ1v) is 5.95. The highest BCUT2D eigenvalue weighted by Gasteiger charge is 2.09. The van der Waals surface area contributed by atoms with Crippen molar-refractivity contribution in [1.29, 1.82) is 0 Å². The number of alkyl halides is 1. The molecule has 0 aliphatic carbocycles. The highest BCUT2D eigenvalue weighted by molar-refractivity contribution is 5.81. The van der Waals surface area contributed by atoms with Crippen molar-refractivity contribution in [3.8, 4) is 0 Å². The molecule has 0 N–H and O–H groups in total. The van der Waals surface area contributed by atoms with Crippen LogP contribution in [0.3, 0.4) is 0 Å². The maximum Gasteiger partial charge on any atom is 0.109 e. The van der Waals surface area contributed by atoms with Crippen LogP contribution in [0, 0.1) is 0 Å². The molecule has 0 bridgehead atoms. The van der Waals surface area contributed by atoms with Gasteiger partial charge in [0.2, 0.25) is 0 Å². The van der Waals surface area contributed by atoms with Crippen LogP contribution in [0.1, 0.15) is 19.0 Å². The molecule has 2 rings (SSSR count). The molecule has 1 aromatic carbocycles. The van der Waals surface area contributed by atoms with Crippen LogP contribution in [-0.4, -0.2) is 23.1 Å². The Bertz CT molecular complexity index is 481. The second-order valence-corrected chi connectivity index (χ2v) is 3.93. The lowest BCUT2D eigenvalue weighted by atomic mass is 10.2. The molecule has 0 saturated carbocycles. The van der Waals surface area contributed by atoms with E-state index >= 15 is 0 Å². The van der Waals surface area contributed by atoms with Gasteiger partial charge in [0.15, 0.2) is 0 Å². The summed E-state index contributed by atoms with van der Waals surface area (Å²) in [5.74, 6) is 0. The van der Waals surface area contributed by atoms with Gasteiger partial charge >= 0.3 is 0 Å². The number of nitrogens with zero attached hydrogens (tertiary/aromatic N) is 2. The van der Waals surface area contributed by atoms with E-state index in [2.05, 4.69) is 12.0 Å². The molecule has 92 valence electrons. The second-order valence-electron chi connectivity index (χ2n) is 3.93. The molecule has 0 saturated heterocycles. The number of ether oxygens (including phenoxy) is 1. The quantitative estimate of drug-likeness (QED) is 0.721. The summed E-state index contributed by atoms with van der Waals surface area (Å²) in [5, 5.41) is 5.46. The van der Waals surface area contributed by atoms with Crippen molar-refractivity contribution in [2.45, 2.75) is 26.5 Å². The molecule has 0 spiro atoms. The summed E-state index contributed by atoms with van der Waals surface area (Å²) in [5.41, 5.74) is 1.86. The molecule has 17 heavy (non-hydrogen) atoms. The Morgan fingerprint density at radius 2 is 2.18 bits per heavy atom. The van der Waals surface area contributed by atoms with E-state index in [0.717, 1.165) is 29.6 Å². The normalized spacial score (nSPS) is 11.2. The zero-order chi connectivity index (χ0) is 12.1. The van der Waals surface area contributed by atoms with Crippen LogP contribution in [0.25, 0.3) is 10.9 Å². The summed E-state index contributed by atoms with van der Waals surface area (Å²) in [4.78, 5) is 0. The van der Waals surface area contributed by atoms with Gasteiger partial charge in [-0.2, -0.15) is 5.10 Å². The van der Waals surface area contributed by atoms with Crippen LogP contribution in [0.5, 0.6) is 0 Å². The van der Waals surface area contributed by atoms with Gasteiger partial charge in [-0.05, 0) is 12.5 Å². The van der Waals surface area contributed by atoms with Crippen molar-refractivity contribution >= 4 is 10.9 Å². The number of benzene rings is 1. The zero-order valence-corrected chi connectivity index (χ0v) is 10.0. The highest BCUT2D eigenvalue weighted by atomic mass is 19.1. The van der Waals surface area contributed by atoms with Crippen molar-refractivity contribution in [3.63, 3.8) is 0 Å². The van der Waals surface area contributed by atoms with Crippen molar-refractivity contribution in [2.24, 2.45) is 0 Å². The molecular weight excluding hydrogens is 219 g/mol. The Kier molecular flexibility index (Phi) is 4.09. The van der Waals surface area contributed by atoms with Crippen molar-refractivity contribution in [3.05, 3.63) is 30.0 Å². The van der Waals surface area contributed by atoms with Crippen LogP contribution in [0.4, 0.5) is 4.39 Å². The summed E-state index contributed by atoms with van der Waals surface area (Å²) >= 11 is 0. The first kappa shape index (κ1) is 12.0. The molecule has 0 amide bonds. The lowest BCUT2D eigenvalue weighted by molar-refractivity contribution is 0.119. The molecule has 0 unspecified atom stereocenters. The first-order valence-electron chi connectivity index (χ1n) is 5.95. The van der Waals surface area contributed by atoms with E-state index in [9.17, 15) is 4.39 Å². The van der Waals surface area contributed by atoms with Gasteiger partial charge in [-0.15, -0.1) is 0 Å². The third-order valence-electron chi connectivity index (χ3n) is 2.62. The fourth-order valence-electron chi connectivity index (χ4n) is 1.87.